The minimum Gasteiger partial charge on any atom is -0.354 e. The number of anilines is 1. The standard InChI is InChI=1S/C28H35BrFN5O/c1-5-20(3)34(28(36)22-9-7-10-23(29)17-22)19-26-21(4)31-35(25-12-8-11-24(30)18-25)27(26)33-15-13-32(6-2)14-16-33/h7-12,17-18,20H,5-6,13-16,19H2,1-4H3. The lowest BCUT2D eigenvalue weighted by Crippen LogP contribution is -2.47. The highest BCUT2D eigenvalue weighted by Crippen LogP contribution is 2.31. The molecule has 1 unspecified atom stereocenters. The van der Waals surface area contributed by atoms with E-state index in [-0.39, 0.29) is 17.8 Å². The van der Waals surface area contributed by atoms with E-state index in [0.29, 0.717) is 17.8 Å². The highest BCUT2D eigenvalue weighted by Gasteiger charge is 2.29. The molecular formula is C28H35BrFN5O. The summed E-state index contributed by atoms with van der Waals surface area (Å²) in [6, 6.07) is 14.1. The van der Waals surface area contributed by atoms with E-state index in [9.17, 15) is 9.18 Å². The summed E-state index contributed by atoms with van der Waals surface area (Å²) in [5.74, 6) is 0.643. The Labute approximate surface area is 221 Å². The van der Waals surface area contributed by atoms with Crippen LogP contribution in [-0.4, -0.2) is 64.3 Å². The summed E-state index contributed by atoms with van der Waals surface area (Å²) in [5, 5.41) is 4.87. The van der Waals surface area contributed by atoms with Crippen molar-refractivity contribution in [2.24, 2.45) is 0 Å². The van der Waals surface area contributed by atoms with Crippen molar-refractivity contribution in [1.29, 1.82) is 0 Å². The molecule has 1 aromatic heterocycles. The minimum atomic E-state index is -0.296. The Bertz CT molecular complexity index is 1200. The molecule has 2 heterocycles. The van der Waals surface area contributed by atoms with E-state index in [2.05, 4.69) is 46.5 Å². The molecule has 4 rings (SSSR count). The van der Waals surface area contributed by atoms with Gasteiger partial charge in [0.15, 0.2) is 0 Å². The molecule has 0 bridgehead atoms. The van der Waals surface area contributed by atoms with Gasteiger partial charge in [0.2, 0.25) is 0 Å². The van der Waals surface area contributed by atoms with Gasteiger partial charge in [0.1, 0.15) is 11.6 Å². The zero-order valence-corrected chi connectivity index (χ0v) is 23.1. The Kier molecular flexibility index (Phi) is 8.46. The van der Waals surface area contributed by atoms with Crippen molar-refractivity contribution in [3.8, 4) is 5.69 Å². The van der Waals surface area contributed by atoms with Crippen LogP contribution < -0.4 is 4.90 Å². The number of carbonyl (C=O) groups is 1. The zero-order valence-electron chi connectivity index (χ0n) is 21.5. The van der Waals surface area contributed by atoms with Crippen LogP contribution >= 0.6 is 15.9 Å². The van der Waals surface area contributed by atoms with Crippen molar-refractivity contribution in [2.75, 3.05) is 37.6 Å². The maximum absolute atomic E-state index is 14.2. The second-order valence-electron chi connectivity index (χ2n) is 9.40. The third kappa shape index (κ3) is 5.65. The molecular weight excluding hydrogens is 521 g/mol. The summed E-state index contributed by atoms with van der Waals surface area (Å²) in [5.41, 5.74) is 3.19. The van der Waals surface area contributed by atoms with Gasteiger partial charge in [-0.15, -0.1) is 0 Å². The summed E-state index contributed by atoms with van der Waals surface area (Å²) in [4.78, 5) is 20.4. The maximum atomic E-state index is 14.2. The first-order valence-corrected chi connectivity index (χ1v) is 13.5. The number of aromatic nitrogens is 2. The fraction of sp³-hybridized carbons (Fsp3) is 0.429. The lowest BCUT2D eigenvalue weighted by Gasteiger charge is -2.37. The van der Waals surface area contributed by atoms with E-state index in [1.54, 1.807) is 6.07 Å². The molecule has 0 spiro atoms. The van der Waals surface area contributed by atoms with Crippen LogP contribution in [0.25, 0.3) is 5.69 Å². The second-order valence-corrected chi connectivity index (χ2v) is 10.3. The van der Waals surface area contributed by atoms with Gasteiger partial charge < -0.3 is 14.7 Å². The molecule has 1 aliphatic rings. The lowest BCUT2D eigenvalue weighted by atomic mass is 10.1. The van der Waals surface area contributed by atoms with Crippen LogP contribution in [0.3, 0.4) is 0 Å². The number of amides is 1. The van der Waals surface area contributed by atoms with Gasteiger partial charge in [-0.1, -0.05) is 41.9 Å². The molecule has 1 fully saturated rings. The molecule has 8 heteroatoms. The predicted octanol–water partition coefficient (Wildman–Crippen LogP) is 5.67. The molecule has 192 valence electrons. The number of nitrogens with zero attached hydrogens (tertiary/aromatic N) is 5. The van der Waals surface area contributed by atoms with E-state index in [1.165, 1.54) is 12.1 Å². The first-order valence-electron chi connectivity index (χ1n) is 12.7. The van der Waals surface area contributed by atoms with Gasteiger partial charge in [-0.05, 0) is 63.2 Å². The molecule has 1 aliphatic heterocycles. The molecule has 0 radical (unpaired) electrons. The average Bonchev–Trinajstić information content (AvgIpc) is 3.22. The van der Waals surface area contributed by atoms with E-state index < -0.39 is 0 Å². The number of rotatable bonds is 8. The smallest absolute Gasteiger partial charge is 0.254 e. The average molecular weight is 557 g/mol. The molecule has 2 aromatic carbocycles. The number of aryl methyl sites for hydroxylation is 1. The van der Waals surface area contributed by atoms with Gasteiger partial charge in [-0.3, -0.25) is 4.79 Å². The second kappa shape index (κ2) is 11.6. The number of benzene rings is 2. The fourth-order valence-electron chi connectivity index (χ4n) is 4.73. The van der Waals surface area contributed by atoms with Crippen molar-refractivity contribution >= 4 is 27.7 Å². The Morgan fingerprint density at radius 3 is 2.47 bits per heavy atom. The van der Waals surface area contributed by atoms with E-state index >= 15 is 0 Å². The summed E-state index contributed by atoms with van der Waals surface area (Å²) in [6.07, 6.45) is 0.835. The van der Waals surface area contributed by atoms with Crippen LogP contribution in [-0.2, 0) is 6.54 Å². The minimum absolute atomic E-state index is 0.00897. The molecule has 36 heavy (non-hydrogen) atoms. The first kappa shape index (κ1) is 26.4. The Balaban J connectivity index is 1.77. The Hall–Kier alpha value is -2.71. The topological polar surface area (TPSA) is 44.6 Å². The van der Waals surface area contributed by atoms with Crippen molar-refractivity contribution in [2.45, 2.75) is 46.7 Å². The van der Waals surface area contributed by atoms with Crippen LogP contribution in [0.5, 0.6) is 0 Å². The molecule has 0 aliphatic carbocycles. The van der Waals surface area contributed by atoms with Gasteiger partial charge in [-0.2, -0.15) is 5.10 Å². The number of hydrogen-bond acceptors (Lipinski definition) is 4. The van der Waals surface area contributed by atoms with Crippen molar-refractivity contribution in [1.82, 2.24) is 19.6 Å². The fourth-order valence-corrected chi connectivity index (χ4v) is 5.13. The maximum Gasteiger partial charge on any atom is 0.254 e. The predicted molar refractivity (Wildman–Crippen MR) is 146 cm³/mol. The zero-order chi connectivity index (χ0) is 25.8. The van der Waals surface area contributed by atoms with Crippen LogP contribution in [0.4, 0.5) is 10.2 Å². The van der Waals surface area contributed by atoms with Gasteiger partial charge in [-0.25, -0.2) is 9.07 Å². The summed E-state index contributed by atoms with van der Waals surface area (Å²) in [6.45, 7) is 13.4. The summed E-state index contributed by atoms with van der Waals surface area (Å²) < 4.78 is 16.9. The van der Waals surface area contributed by atoms with Crippen molar-refractivity contribution in [3.63, 3.8) is 0 Å². The molecule has 6 nitrogen and oxygen atoms in total. The molecule has 1 saturated heterocycles. The third-order valence-electron chi connectivity index (χ3n) is 7.11. The van der Waals surface area contributed by atoms with Crippen LogP contribution in [0, 0.1) is 12.7 Å². The molecule has 1 atom stereocenters. The molecule has 1 amide bonds. The largest absolute Gasteiger partial charge is 0.354 e. The van der Waals surface area contributed by atoms with E-state index in [1.807, 2.05) is 46.8 Å². The summed E-state index contributed by atoms with van der Waals surface area (Å²) in [7, 11) is 0. The first-order chi connectivity index (χ1) is 17.3. The quantitative estimate of drug-likeness (QED) is 0.359. The summed E-state index contributed by atoms with van der Waals surface area (Å²) >= 11 is 3.50. The van der Waals surface area contributed by atoms with Crippen LogP contribution in [0.1, 0.15) is 48.8 Å². The highest BCUT2D eigenvalue weighted by atomic mass is 79.9. The van der Waals surface area contributed by atoms with Gasteiger partial charge >= 0.3 is 0 Å². The van der Waals surface area contributed by atoms with Crippen LogP contribution in [0.15, 0.2) is 53.0 Å². The monoisotopic (exact) mass is 555 g/mol. The number of halogens is 2. The van der Waals surface area contributed by atoms with Crippen molar-refractivity contribution < 1.29 is 9.18 Å². The molecule has 0 N–H and O–H groups in total. The van der Waals surface area contributed by atoms with Gasteiger partial charge in [0, 0.05) is 47.8 Å². The van der Waals surface area contributed by atoms with Gasteiger partial charge in [0.25, 0.3) is 5.91 Å². The number of likely N-dealkylation sites (N-methyl/N-ethyl adjacent to an activating group) is 1. The Morgan fingerprint density at radius 1 is 1.11 bits per heavy atom. The van der Waals surface area contributed by atoms with E-state index in [4.69, 9.17) is 5.10 Å². The SMILES string of the molecule is CCC(C)N(Cc1c(C)nn(-c2cccc(F)c2)c1N1CCN(CC)CC1)C(=O)c1cccc(Br)c1. The number of piperazine rings is 1. The normalized spacial score (nSPS) is 15.2. The van der Waals surface area contributed by atoms with Crippen LogP contribution in [0.2, 0.25) is 0 Å². The number of hydrogen-bond donors (Lipinski definition) is 0. The number of carbonyl (C=O) groups excluding carboxylic acids is 1. The Morgan fingerprint density at radius 2 is 1.83 bits per heavy atom. The third-order valence-corrected chi connectivity index (χ3v) is 7.61. The molecule has 0 saturated carbocycles. The molecule has 3 aromatic rings. The lowest BCUT2D eigenvalue weighted by molar-refractivity contribution is 0.0671. The highest BCUT2D eigenvalue weighted by molar-refractivity contribution is 9.10. The van der Waals surface area contributed by atoms with Crippen molar-refractivity contribution in [3.05, 3.63) is 75.6 Å². The van der Waals surface area contributed by atoms with E-state index in [0.717, 1.165) is 60.7 Å². The van der Waals surface area contributed by atoms with Gasteiger partial charge in [0.05, 0.1) is 17.9 Å².